The van der Waals surface area contributed by atoms with E-state index in [2.05, 4.69) is 17.5 Å². The zero-order chi connectivity index (χ0) is 25.8. The van der Waals surface area contributed by atoms with Gasteiger partial charge in [0, 0.05) is 12.1 Å². The Morgan fingerprint density at radius 3 is 2.08 bits per heavy atom. The van der Waals surface area contributed by atoms with E-state index in [-0.39, 0.29) is 48.0 Å². The van der Waals surface area contributed by atoms with Crippen LogP contribution in [-0.4, -0.2) is 40.7 Å². The lowest BCUT2D eigenvalue weighted by molar-refractivity contribution is -0.146. The molecule has 2 saturated carbocycles. The molecule has 0 radical (unpaired) electrons. The highest BCUT2D eigenvalue weighted by atomic mass is 16.5. The van der Waals surface area contributed by atoms with Crippen LogP contribution in [0.4, 0.5) is 5.69 Å². The summed E-state index contributed by atoms with van der Waals surface area (Å²) in [7, 11) is 0. The average Bonchev–Trinajstić information content (AvgIpc) is 3.67. The van der Waals surface area contributed by atoms with Crippen molar-refractivity contribution in [3.63, 3.8) is 0 Å². The summed E-state index contributed by atoms with van der Waals surface area (Å²) in [6.45, 7) is 3.56. The van der Waals surface area contributed by atoms with Gasteiger partial charge in [0.15, 0.2) is 0 Å². The van der Waals surface area contributed by atoms with Crippen LogP contribution < -0.4 is 5.32 Å². The third kappa shape index (κ3) is 4.06. The number of benzene rings is 2. The van der Waals surface area contributed by atoms with Crippen LogP contribution in [0.15, 0.2) is 66.7 Å². The van der Waals surface area contributed by atoms with Gasteiger partial charge in [-0.25, -0.2) is 4.79 Å². The molecule has 1 saturated heterocycles. The van der Waals surface area contributed by atoms with E-state index in [0.717, 1.165) is 12.0 Å². The number of nitrogens with one attached hydrogen (secondary N) is 1. The highest BCUT2D eigenvalue weighted by Crippen LogP contribution is 2.65. The van der Waals surface area contributed by atoms with Gasteiger partial charge in [-0.3, -0.25) is 19.3 Å². The predicted molar refractivity (Wildman–Crippen MR) is 136 cm³/mol. The van der Waals surface area contributed by atoms with Gasteiger partial charge in [-0.05, 0) is 73.8 Å². The maximum atomic E-state index is 13.7. The molecule has 1 N–H and O–H groups in total. The van der Waals surface area contributed by atoms with Crippen molar-refractivity contribution in [2.75, 3.05) is 5.32 Å². The zero-order valence-corrected chi connectivity index (χ0v) is 20.9. The van der Waals surface area contributed by atoms with Gasteiger partial charge in [-0.2, -0.15) is 0 Å². The molecule has 0 unspecified atom stereocenters. The summed E-state index contributed by atoms with van der Waals surface area (Å²) in [6.07, 6.45) is 5.35. The summed E-state index contributed by atoms with van der Waals surface area (Å²) in [5.74, 6) is -0.831. The number of carbonyl (C=O) groups excluding carboxylic acids is 4. The summed E-state index contributed by atoms with van der Waals surface area (Å²) in [6, 6.07) is 14.9. The highest BCUT2D eigenvalue weighted by Gasteiger charge is 2.67. The molecule has 2 aromatic rings. The van der Waals surface area contributed by atoms with E-state index >= 15 is 0 Å². The molecule has 3 amide bonds. The number of esters is 1. The molecular weight excluding hydrogens is 468 g/mol. The normalized spacial score (nSPS) is 29.6. The molecule has 0 aromatic heterocycles. The van der Waals surface area contributed by atoms with Crippen molar-refractivity contribution < 1.29 is 23.9 Å². The number of ether oxygens (including phenoxy) is 1. The predicted octanol–water partition coefficient (Wildman–Crippen LogP) is 3.85. The van der Waals surface area contributed by atoms with Crippen LogP contribution in [0.2, 0.25) is 0 Å². The standard InChI is InChI=1S/C30H30N2O5/c1-16(2)37-30(36)18-8-10-19(11-9-18)31-27(33)24(14-17-6-4-3-5-7-17)32-28(34)25-20-12-13-21(23-15-22(20)23)26(25)29(32)35/h3-13,16,20-26H,14-15H2,1-2H3,(H,31,33)/t20-,21-,22-,23-,24+,25-,26+/m1/s1. The van der Waals surface area contributed by atoms with Crippen LogP contribution in [0.3, 0.4) is 0 Å². The molecule has 7 heteroatoms. The summed E-state index contributed by atoms with van der Waals surface area (Å²) in [5, 5.41) is 2.87. The molecule has 0 spiro atoms. The lowest BCUT2D eigenvalue weighted by Gasteiger charge is -2.37. The number of allylic oxidation sites excluding steroid dienone is 2. The first-order valence-electron chi connectivity index (χ1n) is 13.0. The smallest absolute Gasteiger partial charge is 0.338 e. The van der Waals surface area contributed by atoms with E-state index < -0.39 is 17.9 Å². The molecule has 2 aromatic carbocycles. The number of hydrogen-bond acceptors (Lipinski definition) is 5. The maximum Gasteiger partial charge on any atom is 0.338 e. The molecule has 7 rings (SSSR count). The number of amides is 3. The Kier molecular flexibility index (Phi) is 5.74. The van der Waals surface area contributed by atoms with E-state index in [9.17, 15) is 19.2 Å². The van der Waals surface area contributed by atoms with Crippen molar-refractivity contribution in [3.8, 4) is 0 Å². The molecule has 5 aliphatic rings. The Morgan fingerprint density at radius 2 is 1.51 bits per heavy atom. The van der Waals surface area contributed by atoms with Gasteiger partial charge < -0.3 is 10.1 Å². The second-order valence-corrected chi connectivity index (χ2v) is 10.9. The minimum Gasteiger partial charge on any atom is -0.459 e. The van der Waals surface area contributed by atoms with E-state index in [1.165, 1.54) is 4.90 Å². The fourth-order valence-corrected chi connectivity index (χ4v) is 6.62. The number of anilines is 1. The van der Waals surface area contributed by atoms with Crippen molar-refractivity contribution in [3.05, 3.63) is 77.9 Å². The van der Waals surface area contributed by atoms with Crippen molar-refractivity contribution in [1.82, 2.24) is 4.90 Å². The van der Waals surface area contributed by atoms with Crippen molar-refractivity contribution in [2.24, 2.45) is 35.5 Å². The molecule has 37 heavy (non-hydrogen) atoms. The SMILES string of the molecule is CC(C)OC(=O)c1ccc(NC(=O)[C@H](Cc2ccccc2)N2C(=O)[C@@H]3[C@@H]4C=C[C@H]([C@H]5C[C@H]45)[C@@H]3C2=O)cc1. The van der Waals surface area contributed by atoms with Crippen LogP contribution in [-0.2, 0) is 25.5 Å². The first kappa shape index (κ1) is 23.6. The summed E-state index contributed by atoms with van der Waals surface area (Å²) < 4.78 is 5.22. The van der Waals surface area contributed by atoms with Crippen LogP contribution in [0.5, 0.6) is 0 Å². The number of likely N-dealkylation sites (tertiary alicyclic amines) is 1. The largest absolute Gasteiger partial charge is 0.459 e. The molecule has 190 valence electrons. The zero-order valence-electron chi connectivity index (χ0n) is 20.9. The Morgan fingerprint density at radius 1 is 0.919 bits per heavy atom. The third-order valence-electron chi connectivity index (χ3n) is 8.31. The van der Waals surface area contributed by atoms with Crippen molar-refractivity contribution >= 4 is 29.4 Å². The molecule has 1 aliphatic heterocycles. The number of imide groups is 1. The Hall–Kier alpha value is -3.74. The molecular formula is C30H30N2O5. The maximum absolute atomic E-state index is 13.7. The fraction of sp³-hybridized carbons (Fsp3) is 0.400. The van der Waals surface area contributed by atoms with E-state index in [4.69, 9.17) is 4.74 Å². The average molecular weight is 499 g/mol. The van der Waals surface area contributed by atoms with Crippen molar-refractivity contribution in [2.45, 2.75) is 38.8 Å². The number of hydrogen-bond donors (Lipinski definition) is 1. The quantitative estimate of drug-likeness (QED) is 0.356. The lowest BCUT2D eigenvalue weighted by atomic mass is 9.63. The number of rotatable bonds is 7. The molecule has 7 nitrogen and oxygen atoms in total. The third-order valence-corrected chi connectivity index (χ3v) is 8.31. The monoisotopic (exact) mass is 498 g/mol. The van der Waals surface area contributed by atoms with Crippen LogP contribution in [0, 0.1) is 35.5 Å². The van der Waals surface area contributed by atoms with Gasteiger partial charge in [-0.15, -0.1) is 0 Å². The number of carbonyl (C=O) groups is 4. The number of nitrogens with zero attached hydrogens (tertiary/aromatic N) is 1. The van der Waals surface area contributed by atoms with Gasteiger partial charge >= 0.3 is 5.97 Å². The minimum absolute atomic E-state index is 0.0972. The summed E-state index contributed by atoms with van der Waals surface area (Å²) in [4.78, 5) is 54.5. The molecule has 2 bridgehead atoms. The van der Waals surface area contributed by atoms with Crippen LogP contribution >= 0.6 is 0 Å². The molecule has 4 aliphatic carbocycles. The summed E-state index contributed by atoms with van der Waals surface area (Å²) in [5.41, 5.74) is 1.72. The molecule has 1 heterocycles. The van der Waals surface area contributed by atoms with Gasteiger partial charge in [0.25, 0.3) is 0 Å². The van der Waals surface area contributed by atoms with E-state index in [1.807, 2.05) is 30.3 Å². The Labute approximate surface area is 215 Å². The molecule has 3 fully saturated rings. The van der Waals surface area contributed by atoms with Gasteiger partial charge in [0.05, 0.1) is 23.5 Å². The fourth-order valence-electron chi connectivity index (χ4n) is 6.62. The first-order valence-corrected chi connectivity index (χ1v) is 13.0. The first-order chi connectivity index (χ1) is 17.8. The Bertz CT molecular complexity index is 1250. The van der Waals surface area contributed by atoms with Gasteiger partial charge in [0.1, 0.15) is 6.04 Å². The highest BCUT2D eigenvalue weighted by molar-refractivity contribution is 6.10. The minimum atomic E-state index is -0.964. The van der Waals surface area contributed by atoms with Gasteiger partial charge in [-0.1, -0.05) is 42.5 Å². The van der Waals surface area contributed by atoms with E-state index in [1.54, 1.807) is 38.1 Å². The summed E-state index contributed by atoms with van der Waals surface area (Å²) >= 11 is 0. The topological polar surface area (TPSA) is 92.8 Å². The lowest BCUT2D eigenvalue weighted by Crippen LogP contribution is -2.49. The van der Waals surface area contributed by atoms with Crippen LogP contribution in [0.25, 0.3) is 0 Å². The van der Waals surface area contributed by atoms with E-state index in [0.29, 0.717) is 23.1 Å². The van der Waals surface area contributed by atoms with Crippen molar-refractivity contribution in [1.29, 1.82) is 0 Å². The van der Waals surface area contributed by atoms with Gasteiger partial charge in [0.2, 0.25) is 17.7 Å². The Balaban J connectivity index is 1.26. The second kappa shape index (κ2) is 8.98. The molecule has 7 atom stereocenters. The second-order valence-electron chi connectivity index (χ2n) is 10.9. The van der Waals surface area contributed by atoms with Crippen LogP contribution in [0.1, 0.15) is 36.2 Å².